The lowest BCUT2D eigenvalue weighted by atomic mass is 10.2. The molecule has 1 amide bonds. The van der Waals surface area contributed by atoms with Crippen molar-refractivity contribution in [2.24, 2.45) is 0 Å². The highest BCUT2D eigenvalue weighted by atomic mass is 16.5. The van der Waals surface area contributed by atoms with Crippen molar-refractivity contribution in [1.82, 2.24) is 19.7 Å². The van der Waals surface area contributed by atoms with Gasteiger partial charge in [-0.2, -0.15) is 0 Å². The van der Waals surface area contributed by atoms with Crippen LogP contribution in [0.15, 0.2) is 24.3 Å². The molecule has 0 aliphatic carbocycles. The highest BCUT2D eigenvalue weighted by molar-refractivity contribution is 5.78. The number of nitrogens with zero attached hydrogens (tertiary/aromatic N) is 4. The van der Waals surface area contributed by atoms with Crippen LogP contribution in [0.1, 0.15) is 24.1 Å². The predicted molar refractivity (Wildman–Crippen MR) is 92.3 cm³/mol. The zero-order chi connectivity index (χ0) is 17.8. The van der Waals surface area contributed by atoms with Gasteiger partial charge in [0.25, 0.3) is 5.91 Å². The molecular formula is C18H24N4O3. The molecule has 0 saturated carbocycles. The van der Waals surface area contributed by atoms with Crippen LogP contribution in [-0.4, -0.2) is 51.9 Å². The summed E-state index contributed by atoms with van der Waals surface area (Å²) in [7, 11) is 1.64. The standard InChI is InChI=1S/C18H24N4O3/c1-13-6-4-5-7-15(13)25-12-18(23)21-8-9-22-16(10-14(21)2)19-20-17(22)11-24-3/h4-7,14H,8-12H2,1-3H3/t14-/m0/s1. The van der Waals surface area contributed by atoms with Gasteiger partial charge in [-0.1, -0.05) is 18.2 Å². The summed E-state index contributed by atoms with van der Waals surface area (Å²) in [5.41, 5.74) is 1.02. The average molecular weight is 344 g/mol. The maximum absolute atomic E-state index is 12.7. The summed E-state index contributed by atoms with van der Waals surface area (Å²) >= 11 is 0. The molecule has 3 rings (SSSR count). The van der Waals surface area contributed by atoms with E-state index in [-0.39, 0.29) is 18.6 Å². The average Bonchev–Trinajstić information content (AvgIpc) is 2.87. The summed E-state index contributed by atoms with van der Waals surface area (Å²) in [4.78, 5) is 14.5. The molecule has 1 aromatic carbocycles. The molecule has 0 radical (unpaired) electrons. The van der Waals surface area contributed by atoms with Gasteiger partial charge in [0, 0.05) is 32.7 Å². The first kappa shape index (κ1) is 17.4. The Bertz CT molecular complexity index is 744. The second kappa shape index (κ2) is 7.65. The molecule has 0 fully saturated rings. The Morgan fingerprint density at radius 1 is 1.28 bits per heavy atom. The minimum Gasteiger partial charge on any atom is -0.484 e. The second-order valence-corrected chi connectivity index (χ2v) is 6.31. The quantitative estimate of drug-likeness (QED) is 0.824. The number of para-hydroxylation sites is 1. The van der Waals surface area contributed by atoms with Crippen LogP contribution in [0, 0.1) is 6.92 Å². The van der Waals surface area contributed by atoms with Crippen molar-refractivity contribution in [2.45, 2.75) is 39.5 Å². The van der Waals surface area contributed by atoms with Crippen LogP contribution in [0.25, 0.3) is 0 Å². The normalized spacial score (nSPS) is 17.1. The fraction of sp³-hybridized carbons (Fsp3) is 0.500. The van der Waals surface area contributed by atoms with E-state index in [0.29, 0.717) is 26.1 Å². The molecule has 7 nitrogen and oxygen atoms in total. The molecule has 0 saturated heterocycles. The first-order valence-electron chi connectivity index (χ1n) is 8.48. The molecule has 0 bridgehead atoms. The Morgan fingerprint density at radius 3 is 2.84 bits per heavy atom. The van der Waals surface area contributed by atoms with Crippen LogP contribution in [0.2, 0.25) is 0 Å². The topological polar surface area (TPSA) is 69.5 Å². The van der Waals surface area contributed by atoms with Gasteiger partial charge in [-0.3, -0.25) is 4.79 Å². The van der Waals surface area contributed by atoms with Crippen molar-refractivity contribution in [1.29, 1.82) is 0 Å². The molecule has 1 aromatic heterocycles. The first-order chi connectivity index (χ1) is 12.1. The minimum atomic E-state index is -0.0113. The number of amides is 1. The SMILES string of the molecule is COCc1nnc2n1CCN(C(=O)COc1ccccc1C)[C@@H](C)C2. The lowest BCUT2D eigenvalue weighted by Gasteiger charge is -2.26. The highest BCUT2D eigenvalue weighted by Crippen LogP contribution is 2.18. The fourth-order valence-corrected chi connectivity index (χ4v) is 3.13. The largest absolute Gasteiger partial charge is 0.484 e. The first-order valence-corrected chi connectivity index (χ1v) is 8.48. The molecule has 1 aliphatic rings. The van der Waals surface area contributed by atoms with Crippen LogP contribution in [0.5, 0.6) is 5.75 Å². The summed E-state index contributed by atoms with van der Waals surface area (Å²) < 4.78 is 12.9. The zero-order valence-electron chi connectivity index (χ0n) is 14.9. The van der Waals surface area contributed by atoms with Crippen molar-refractivity contribution < 1.29 is 14.3 Å². The van der Waals surface area contributed by atoms with E-state index in [1.807, 2.05) is 43.0 Å². The number of ether oxygens (including phenoxy) is 2. The van der Waals surface area contributed by atoms with Gasteiger partial charge in [0.1, 0.15) is 18.2 Å². The molecule has 0 N–H and O–H groups in total. The van der Waals surface area contributed by atoms with E-state index in [1.54, 1.807) is 7.11 Å². The maximum Gasteiger partial charge on any atom is 0.260 e. The Kier molecular flexibility index (Phi) is 5.33. The van der Waals surface area contributed by atoms with Crippen molar-refractivity contribution in [3.63, 3.8) is 0 Å². The van der Waals surface area contributed by atoms with Gasteiger partial charge < -0.3 is 18.9 Å². The van der Waals surface area contributed by atoms with E-state index >= 15 is 0 Å². The number of carbonyl (C=O) groups is 1. The molecule has 134 valence electrons. The molecule has 25 heavy (non-hydrogen) atoms. The van der Waals surface area contributed by atoms with E-state index in [9.17, 15) is 4.79 Å². The van der Waals surface area contributed by atoms with E-state index in [2.05, 4.69) is 14.8 Å². The third-order valence-electron chi connectivity index (χ3n) is 4.52. The molecule has 1 atom stereocenters. The zero-order valence-corrected chi connectivity index (χ0v) is 14.9. The Hall–Kier alpha value is -2.41. The molecular weight excluding hydrogens is 320 g/mol. The molecule has 2 aromatic rings. The van der Waals surface area contributed by atoms with Gasteiger partial charge in [-0.15, -0.1) is 10.2 Å². The number of benzene rings is 1. The number of methoxy groups -OCH3 is 1. The fourth-order valence-electron chi connectivity index (χ4n) is 3.13. The number of aryl methyl sites for hydroxylation is 1. The van der Waals surface area contributed by atoms with Gasteiger partial charge in [0.2, 0.25) is 0 Å². The number of hydrogen-bond donors (Lipinski definition) is 0. The van der Waals surface area contributed by atoms with E-state index in [4.69, 9.17) is 9.47 Å². The molecule has 2 heterocycles. The van der Waals surface area contributed by atoms with Crippen LogP contribution >= 0.6 is 0 Å². The Balaban J connectivity index is 1.65. The predicted octanol–water partition coefficient (Wildman–Crippen LogP) is 1.59. The molecule has 1 aliphatic heterocycles. The maximum atomic E-state index is 12.7. The lowest BCUT2D eigenvalue weighted by Crippen LogP contribution is -2.42. The molecule has 0 unspecified atom stereocenters. The lowest BCUT2D eigenvalue weighted by molar-refractivity contribution is -0.135. The Morgan fingerprint density at radius 2 is 2.08 bits per heavy atom. The number of rotatable bonds is 5. The monoisotopic (exact) mass is 344 g/mol. The van der Waals surface area contributed by atoms with E-state index in [0.717, 1.165) is 23.0 Å². The number of fused-ring (bicyclic) bond motifs is 1. The van der Waals surface area contributed by atoms with Crippen LogP contribution in [0.3, 0.4) is 0 Å². The van der Waals surface area contributed by atoms with Crippen LogP contribution in [-0.2, 0) is 29.1 Å². The minimum absolute atomic E-state index is 0.0113. The summed E-state index contributed by atoms with van der Waals surface area (Å²) in [6, 6.07) is 7.76. The third kappa shape index (κ3) is 3.82. The van der Waals surface area contributed by atoms with Crippen molar-refractivity contribution >= 4 is 5.91 Å². The van der Waals surface area contributed by atoms with Crippen molar-refractivity contribution in [2.75, 3.05) is 20.3 Å². The van der Waals surface area contributed by atoms with E-state index in [1.165, 1.54) is 0 Å². The van der Waals surface area contributed by atoms with Gasteiger partial charge in [0.05, 0.1) is 0 Å². The van der Waals surface area contributed by atoms with Gasteiger partial charge in [0.15, 0.2) is 12.4 Å². The summed E-state index contributed by atoms with van der Waals surface area (Å²) in [6.45, 7) is 5.75. The third-order valence-corrected chi connectivity index (χ3v) is 4.52. The van der Waals surface area contributed by atoms with E-state index < -0.39 is 0 Å². The van der Waals surface area contributed by atoms with Crippen LogP contribution < -0.4 is 4.74 Å². The number of hydrogen-bond acceptors (Lipinski definition) is 5. The van der Waals surface area contributed by atoms with Crippen molar-refractivity contribution in [3.8, 4) is 5.75 Å². The second-order valence-electron chi connectivity index (χ2n) is 6.31. The Labute approximate surface area is 147 Å². The van der Waals surface area contributed by atoms with Gasteiger partial charge in [-0.05, 0) is 25.5 Å². The summed E-state index contributed by atoms with van der Waals surface area (Å²) in [5.74, 6) is 2.44. The van der Waals surface area contributed by atoms with Gasteiger partial charge in [-0.25, -0.2) is 0 Å². The van der Waals surface area contributed by atoms with Gasteiger partial charge >= 0.3 is 0 Å². The highest BCUT2D eigenvalue weighted by Gasteiger charge is 2.27. The van der Waals surface area contributed by atoms with Crippen molar-refractivity contribution in [3.05, 3.63) is 41.5 Å². The molecule has 7 heteroatoms. The van der Waals surface area contributed by atoms with Crippen LogP contribution in [0.4, 0.5) is 0 Å². The number of carbonyl (C=O) groups excluding carboxylic acids is 1. The summed E-state index contributed by atoms with van der Waals surface area (Å²) in [5, 5.41) is 8.43. The smallest absolute Gasteiger partial charge is 0.260 e. The summed E-state index contributed by atoms with van der Waals surface area (Å²) in [6.07, 6.45) is 0.673. The number of aromatic nitrogens is 3. The molecule has 0 spiro atoms.